The lowest BCUT2D eigenvalue weighted by Crippen LogP contribution is -2.03. The molecular formula is C14H10Cl2FN3. The molecule has 3 aromatic rings. The Morgan fingerprint density at radius 1 is 1.25 bits per heavy atom. The van der Waals surface area contributed by atoms with E-state index in [4.69, 9.17) is 23.2 Å². The second-order valence-electron chi connectivity index (χ2n) is 4.28. The second-order valence-corrected chi connectivity index (χ2v) is 5.09. The highest BCUT2D eigenvalue weighted by Gasteiger charge is 2.14. The number of aromatic nitrogens is 3. The molecule has 102 valence electrons. The average Bonchev–Trinajstić information content (AvgIpc) is 2.76. The summed E-state index contributed by atoms with van der Waals surface area (Å²) in [6, 6.07) is 8.02. The molecule has 0 unspecified atom stereocenters. The van der Waals surface area contributed by atoms with Crippen LogP contribution in [-0.2, 0) is 6.42 Å². The first-order chi connectivity index (χ1) is 9.69. The first-order valence-electron chi connectivity index (χ1n) is 6.04. The number of hydrogen-bond donors (Lipinski definition) is 0. The summed E-state index contributed by atoms with van der Waals surface area (Å²) in [5.41, 5.74) is 1.98. The molecule has 0 amide bonds. The van der Waals surface area contributed by atoms with Crippen molar-refractivity contribution >= 4 is 34.4 Å². The molecule has 0 saturated heterocycles. The zero-order valence-corrected chi connectivity index (χ0v) is 11.9. The quantitative estimate of drug-likeness (QED) is 0.685. The molecule has 0 fully saturated rings. The number of imidazole rings is 1. The van der Waals surface area contributed by atoms with Crippen molar-refractivity contribution in [3.05, 3.63) is 53.2 Å². The molecule has 2 heterocycles. The van der Waals surface area contributed by atoms with Gasteiger partial charge in [0.1, 0.15) is 17.2 Å². The van der Waals surface area contributed by atoms with Crippen LogP contribution in [0.2, 0.25) is 5.02 Å². The Balaban J connectivity index is 2.28. The summed E-state index contributed by atoms with van der Waals surface area (Å²) in [6.07, 6.45) is 2.11. The van der Waals surface area contributed by atoms with Crippen molar-refractivity contribution in [3.8, 4) is 5.69 Å². The van der Waals surface area contributed by atoms with Crippen LogP contribution >= 0.6 is 23.2 Å². The molecule has 0 aliphatic carbocycles. The topological polar surface area (TPSA) is 30.7 Å². The minimum absolute atomic E-state index is 0.310. The molecule has 0 bridgehead atoms. The van der Waals surface area contributed by atoms with Gasteiger partial charge in [0.05, 0.1) is 10.7 Å². The Morgan fingerprint density at radius 2 is 2.10 bits per heavy atom. The van der Waals surface area contributed by atoms with Crippen molar-refractivity contribution in [2.24, 2.45) is 0 Å². The summed E-state index contributed by atoms with van der Waals surface area (Å²) in [7, 11) is 0. The summed E-state index contributed by atoms with van der Waals surface area (Å²) in [5.74, 6) is 0.845. The highest BCUT2D eigenvalue weighted by molar-refractivity contribution is 6.31. The fourth-order valence-electron chi connectivity index (χ4n) is 2.13. The second kappa shape index (κ2) is 5.38. The van der Waals surface area contributed by atoms with Gasteiger partial charge in [-0.3, -0.25) is 4.57 Å². The van der Waals surface area contributed by atoms with Crippen molar-refractivity contribution in [2.75, 3.05) is 5.88 Å². The van der Waals surface area contributed by atoms with Crippen molar-refractivity contribution in [1.29, 1.82) is 0 Å². The van der Waals surface area contributed by atoms with Gasteiger partial charge >= 0.3 is 0 Å². The van der Waals surface area contributed by atoms with Crippen LogP contribution in [0.5, 0.6) is 0 Å². The number of hydrogen-bond acceptors (Lipinski definition) is 2. The first kappa shape index (κ1) is 13.3. The third-order valence-electron chi connectivity index (χ3n) is 2.92. The van der Waals surface area contributed by atoms with Crippen LogP contribution in [0.4, 0.5) is 4.39 Å². The van der Waals surface area contributed by atoms with E-state index in [2.05, 4.69) is 9.97 Å². The minimum atomic E-state index is -0.310. The molecule has 1 aromatic carbocycles. The van der Waals surface area contributed by atoms with E-state index in [1.807, 2.05) is 0 Å². The lowest BCUT2D eigenvalue weighted by molar-refractivity contribution is 0.626. The van der Waals surface area contributed by atoms with Crippen LogP contribution in [0, 0.1) is 5.82 Å². The number of fused-ring (bicyclic) bond motifs is 1. The van der Waals surface area contributed by atoms with Crippen LogP contribution in [-0.4, -0.2) is 20.4 Å². The van der Waals surface area contributed by atoms with Crippen molar-refractivity contribution in [2.45, 2.75) is 6.42 Å². The summed E-state index contributed by atoms with van der Waals surface area (Å²) < 4.78 is 15.2. The maximum absolute atomic E-state index is 13.4. The maximum atomic E-state index is 13.4. The van der Waals surface area contributed by atoms with E-state index in [1.54, 1.807) is 29.0 Å². The molecule has 0 atom stereocenters. The molecule has 6 heteroatoms. The number of alkyl halides is 1. The van der Waals surface area contributed by atoms with Crippen LogP contribution in [0.1, 0.15) is 5.82 Å². The SMILES string of the molecule is Fc1cccc(-n2c(CCCl)nc3cc(Cl)cnc32)c1. The molecule has 0 spiro atoms. The third-order valence-corrected chi connectivity index (χ3v) is 3.31. The van der Waals surface area contributed by atoms with E-state index in [-0.39, 0.29) is 5.82 Å². The standard InChI is InChI=1S/C14H10Cl2FN3/c15-5-4-13-19-12-6-9(16)8-18-14(12)20(13)11-3-1-2-10(17)7-11/h1-3,6-8H,4-5H2. The third kappa shape index (κ3) is 2.37. The van der Waals surface area contributed by atoms with Gasteiger partial charge in [-0.05, 0) is 24.3 Å². The molecule has 0 aliphatic heterocycles. The summed E-state index contributed by atoms with van der Waals surface area (Å²) >= 11 is 11.7. The number of nitrogens with zero attached hydrogens (tertiary/aromatic N) is 3. The van der Waals surface area contributed by atoms with Crippen LogP contribution in [0.15, 0.2) is 36.5 Å². The molecule has 20 heavy (non-hydrogen) atoms. The zero-order chi connectivity index (χ0) is 14.1. The Labute approximate surface area is 125 Å². The van der Waals surface area contributed by atoms with E-state index in [9.17, 15) is 4.39 Å². The van der Waals surface area contributed by atoms with Gasteiger partial charge < -0.3 is 0 Å². The predicted molar refractivity (Wildman–Crippen MR) is 78.3 cm³/mol. The lowest BCUT2D eigenvalue weighted by atomic mass is 10.3. The Bertz CT molecular complexity index is 770. The highest BCUT2D eigenvalue weighted by Crippen LogP contribution is 2.23. The smallest absolute Gasteiger partial charge is 0.164 e. The number of benzene rings is 1. The van der Waals surface area contributed by atoms with Gasteiger partial charge in [0.25, 0.3) is 0 Å². The van der Waals surface area contributed by atoms with Gasteiger partial charge in [-0.2, -0.15) is 0 Å². The molecule has 3 nitrogen and oxygen atoms in total. The fraction of sp³-hybridized carbons (Fsp3) is 0.143. The van der Waals surface area contributed by atoms with E-state index >= 15 is 0 Å². The van der Waals surface area contributed by atoms with Crippen molar-refractivity contribution in [3.63, 3.8) is 0 Å². The summed E-state index contributed by atoms with van der Waals surface area (Å²) in [5, 5.41) is 0.513. The van der Waals surface area contributed by atoms with Gasteiger partial charge in [0.15, 0.2) is 5.65 Å². The number of pyridine rings is 1. The predicted octanol–water partition coefficient (Wildman–Crippen LogP) is 3.99. The molecule has 2 aromatic heterocycles. The fourth-order valence-corrected chi connectivity index (χ4v) is 2.45. The van der Waals surface area contributed by atoms with Gasteiger partial charge in [-0.25, -0.2) is 14.4 Å². The highest BCUT2D eigenvalue weighted by atomic mass is 35.5. The van der Waals surface area contributed by atoms with Gasteiger partial charge in [0, 0.05) is 18.5 Å². The van der Waals surface area contributed by atoms with Crippen molar-refractivity contribution in [1.82, 2.24) is 14.5 Å². The van der Waals surface area contributed by atoms with Crippen LogP contribution in [0.25, 0.3) is 16.9 Å². The summed E-state index contributed by atoms with van der Waals surface area (Å²) in [6.45, 7) is 0. The molecule has 0 saturated carbocycles. The number of rotatable bonds is 3. The summed E-state index contributed by atoms with van der Waals surface area (Å²) in [4.78, 5) is 8.77. The zero-order valence-electron chi connectivity index (χ0n) is 10.4. The maximum Gasteiger partial charge on any atom is 0.164 e. The molecule has 0 aliphatic rings. The van der Waals surface area contributed by atoms with E-state index in [0.29, 0.717) is 34.2 Å². The minimum Gasteiger partial charge on any atom is -0.281 e. The van der Waals surface area contributed by atoms with Gasteiger partial charge in [-0.1, -0.05) is 17.7 Å². The largest absolute Gasteiger partial charge is 0.281 e. The Hall–Kier alpha value is -1.65. The number of halogens is 3. The average molecular weight is 310 g/mol. The number of aryl methyl sites for hydroxylation is 1. The molecular weight excluding hydrogens is 300 g/mol. The van der Waals surface area contributed by atoms with Gasteiger partial charge in [-0.15, -0.1) is 11.6 Å². The molecule has 3 rings (SSSR count). The lowest BCUT2D eigenvalue weighted by Gasteiger charge is -2.07. The van der Waals surface area contributed by atoms with E-state index in [0.717, 1.165) is 5.82 Å². The Kier molecular flexibility index (Phi) is 3.59. The van der Waals surface area contributed by atoms with E-state index in [1.165, 1.54) is 12.1 Å². The van der Waals surface area contributed by atoms with Gasteiger partial charge in [0.2, 0.25) is 0 Å². The normalized spacial score (nSPS) is 11.2. The Morgan fingerprint density at radius 3 is 2.85 bits per heavy atom. The van der Waals surface area contributed by atoms with Crippen LogP contribution in [0.3, 0.4) is 0 Å². The molecule has 0 radical (unpaired) electrons. The van der Waals surface area contributed by atoms with Crippen LogP contribution < -0.4 is 0 Å². The molecule has 0 N–H and O–H groups in total. The van der Waals surface area contributed by atoms with Crippen molar-refractivity contribution < 1.29 is 4.39 Å². The van der Waals surface area contributed by atoms with E-state index < -0.39 is 0 Å². The first-order valence-corrected chi connectivity index (χ1v) is 6.95. The monoisotopic (exact) mass is 309 g/mol.